The Hall–Kier alpha value is -3.40. The van der Waals surface area contributed by atoms with Gasteiger partial charge in [0.05, 0.1) is 26.5 Å². The van der Waals surface area contributed by atoms with Crippen molar-refractivity contribution in [1.82, 2.24) is 15.1 Å². The lowest BCUT2D eigenvalue weighted by atomic mass is 9.96. The van der Waals surface area contributed by atoms with Crippen LogP contribution in [0.5, 0.6) is 11.5 Å². The second-order valence-corrected chi connectivity index (χ2v) is 8.14. The summed E-state index contributed by atoms with van der Waals surface area (Å²) in [4.78, 5) is 12.9. The van der Waals surface area contributed by atoms with Gasteiger partial charge in [-0.3, -0.25) is 4.79 Å². The Kier molecular flexibility index (Phi) is 6.60. The van der Waals surface area contributed by atoms with Crippen molar-refractivity contribution < 1.29 is 27.4 Å². The fourth-order valence-electron chi connectivity index (χ4n) is 3.93. The zero-order valence-electron chi connectivity index (χ0n) is 18.3. The molecule has 2 aromatic carbocycles. The third kappa shape index (κ3) is 4.63. The summed E-state index contributed by atoms with van der Waals surface area (Å²) in [7, 11) is 2.92. The summed E-state index contributed by atoms with van der Waals surface area (Å²) >= 11 is 6.13. The molecule has 2 N–H and O–H groups in total. The Bertz CT molecular complexity index is 1200. The number of carbonyl (C=O) groups excluding carboxylic acids is 1. The van der Waals surface area contributed by atoms with Crippen LogP contribution in [0.1, 0.15) is 40.0 Å². The number of carbonyl (C=O) groups is 1. The minimum Gasteiger partial charge on any atom is -0.493 e. The third-order valence-electron chi connectivity index (χ3n) is 5.69. The lowest BCUT2D eigenvalue weighted by Gasteiger charge is -2.34. The molecule has 0 spiro atoms. The number of halogens is 4. The second kappa shape index (κ2) is 9.46. The molecule has 0 radical (unpaired) electrons. The number of anilines is 1. The number of amides is 1. The number of rotatable bonds is 6. The van der Waals surface area contributed by atoms with Gasteiger partial charge >= 0.3 is 6.18 Å². The van der Waals surface area contributed by atoms with Gasteiger partial charge in [-0.05, 0) is 29.3 Å². The molecule has 0 fully saturated rings. The number of alkyl halides is 3. The number of nitrogens with zero attached hydrogens (tertiary/aromatic N) is 2. The lowest BCUT2D eigenvalue weighted by molar-refractivity contribution is -0.173. The Morgan fingerprint density at radius 3 is 2.62 bits per heavy atom. The highest BCUT2D eigenvalue weighted by Gasteiger charge is 2.47. The van der Waals surface area contributed by atoms with Gasteiger partial charge < -0.3 is 20.1 Å². The Morgan fingerprint density at radius 1 is 1.21 bits per heavy atom. The molecule has 1 aliphatic rings. The van der Waals surface area contributed by atoms with Crippen molar-refractivity contribution in [1.29, 1.82) is 0 Å². The van der Waals surface area contributed by atoms with Crippen LogP contribution in [0.25, 0.3) is 0 Å². The van der Waals surface area contributed by atoms with Crippen LogP contribution < -0.4 is 20.1 Å². The topological polar surface area (TPSA) is 77.4 Å². The molecule has 2 heterocycles. The number of benzene rings is 2. The fraction of sp³-hybridized carbons (Fsp3) is 0.304. The zero-order valence-corrected chi connectivity index (χ0v) is 19.1. The van der Waals surface area contributed by atoms with E-state index in [1.807, 2.05) is 0 Å². The number of hydrogen-bond acceptors (Lipinski definition) is 5. The lowest BCUT2D eigenvalue weighted by Crippen LogP contribution is -2.36. The maximum atomic E-state index is 13.9. The molecule has 180 valence electrons. The molecule has 4 rings (SSSR count). The highest BCUT2D eigenvalue weighted by atomic mass is 35.5. The first-order valence-corrected chi connectivity index (χ1v) is 10.7. The zero-order chi connectivity index (χ0) is 24.5. The molecule has 1 amide bonds. The molecule has 2 atom stereocenters. The van der Waals surface area contributed by atoms with Crippen molar-refractivity contribution >= 4 is 23.3 Å². The smallest absolute Gasteiger partial charge is 0.410 e. The predicted octanol–water partition coefficient (Wildman–Crippen LogP) is 5.14. The van der Waals surface area contributed by atoms with E-state index >= 15 is 0 Å². The van der Waals surface area contributed by atoms with E-state index in [0.717, 1.165) is 10.9 Å². The quantitative estimate of drug-likeness (QED) is 0.496. The molecule has 1 aliphatic heterocycles. The average Bonchev–Trinajstić information content (AvgIpc) is 3.25. The Morgan fingerprint density at radius 2 is 1.94 bits per heavy atom. The summed E-state index contributed by atoms with van der Waals surface area (Å²) in [6, 6.07) is 9.23. The van der Waals surface area contributed by atoms with Crippen molar-refractivity contribution in [2.45, 2.75) is 31.2 Å². The van der Waals surface area contributed by atoms with E-state index in [-0.39, 0.29) is 24.3 Å². The normalized spacial score (nSPS) is 17.5. The van der Waals surface area contributed by atoms with Crippen LogP contribution in [-0.4, -0.2) is 36.1 Å². The monoisotopic (exact) mass is 494 g/mol. The predicted molar refractivity (Wildman–Crippen MR) is 120 cm³/mol. The first-order valence-electron chi connectivity index (χ1n) is 10.4. The van der Waals surface area contributed by atoms with Crippen molar-refractivity contribution in [2.24, 2.45) is 0 Å². The molecule has 34 heavy (non-hydrogen) atoms. The number of nitrogens with one attached hydrogen (secondary N) is 2. The first-order chi connectivity index (χ1) is 16.2. The van der Waals surface area contributed by atoms with Crippen molar-refractivity contribution in [3.8, 4) is 11.5 Å². The van der Waals surface area contributed by atoms with Gasteiger partial charge in [0.2, 0.25) is 0 Å². The van der Waals surface area contributed by atoms with Crippen LogP contribution >= 0.6 is 11.6 Å². The number of methoxy groups -OCH3 is 2. The molecule has 0 aliphatic carbocycles. The molecule has 1 aromatic heterocycles. The first kappa shape index (κ1) is 23.7. The van der Waals surface area contributed by atoms with Crippen LogP contribution in [0.2, 0.25) is 5.02 Å². The number of ether oxygens (including phenoxy) is 2. The van der Waals surface area contributed by atoms with Gasteiger partial charge in [-0.25, -0.2) is 4.68 Å². The SMILES string of the molecule is COc1ccc([C@H]2C[C@H](C(F)(F)F)n3ncc(C(=O)NCc4ccccc4Cl)c3N2)cc1OC. The van der Waals surface area contributed by atoms with E-state index < -0.39 is 24.2 Å². The Balaban J connectivity index is 1.64. The molecule has 11 heteroatoms. The van der Waals surface area contributed by atoms with Gasteiger partial charge in [0.25, 0.3) is 5.91 Å². The summed E-state index contributed by atoms with van der Waals surface area (Å²) in [6.07, 6.45) is -3.74. The minimum absolute atomic E-state index is 0.00600. The number of fused-ring (bicyclic) bond motifs is 1. The summed E-state index contributed by atoms with van der Waals surface area (Å²) < 4.78 is 53.2. The molecule has 0 bridgehead atoms. The highest BCUT2D eigenvalue weighted by molar-refractivity contribution is 6.31. The van der Waals surface area contributed by atoms with Crippen LogP contribution in [0, 0.1) is 0 Å². The van der Waals surface area contributed by atoms with Gasteiger partial charge in [-0.1, -0.05) is 35.9 Å². The molecule has 0 saturated carbocycles. The van der Waals surface area contributed by atoms with E-state index in [0.29, 0.717) is 27.6 Å². The third-order valence-corrected chi connectivity index (χ3v) is 6.06. The van der Waals surface area contributed by atoms with Gasteiger partial charge in [0.15, 0.2) is 17.5 Å². The van der Waals surface area contributed by atoms with Crippen LogP contribution in [0.4, 0.5) is 19.0 Å². The van der Waals surface area contributed by atoms with E-state index in [2.05, 4.69) is 15.7 Å². The maximum Gasteiger partial charge on any atom is 0.410 e. The standard InChI is InChI=1S/C23H22ClF3N4O3/c1-33-18-8-7-13(9-19(18)34-2)17-10-20(23(25,26)27)31-21(30-17)15(12-29-31)22(32)28-11-14-5-3-4-6-16(14)24/h3-9,12,17,20,30H,10-11H2,1-2H3,(H,28,32)/t17-,20-/m1/s1. The van der Waals surface area contributed by atoms with E-state index in [1.165, 1.54) is 14.2 Å². The van der Waals surface area contributed by atoms with Crippen molar-refractivity contribution in [2.75, 3.05) is 19.5 Å². The minimum atomic E-state index is -4.57. The van der Waals surface area contributed by atoms with Gasteiger partial charge in [0, 0.05) is 18.0 Å². The van der Waals surface area contributed by atoms with Gasteiger partial charge in [-0.2, -0.15) is 18.3 Å². The molecular weight excluding hydrogens is 473 g/mol. The fourth-order valence-corrected chi connectivity index (χ4v) is 4.13. The average molecular weight is 495 g/mol. The summed E-state index contributed by atoms with van der Waals surface area (Å²) in [5.41, 5.74) is 1.25. The van der Waals surface area contributed by atoms with Crippen molar-refractivity contribution in [3.05, 3.63) is 70.4 Å². The van der Waals surface area contributed by atoms with E-state index in [9.17, 15) is 18.0 Å². The second-order valence-electron chi connectivity index (χ2n) is 7.73. The van der Waals surface area contributed by atoms with Gasteiger partial charge in [0.1, 0.15) is 11.4 Å². The summed E-state index contributed by atoms with van der Waals surface area (Å²) in [5.74, 6) is 0.272. The van der Waals surface area contributed by atoms with Crippen LogP contribution in [-0.2, 0) is 6.54 Å². The van der Waals surface area contributed by atoms with Crippen LogP contribution in [0.15, 0.2) is 48.7 Å². The van der Waals surface area contributed by atoms with Crippen molar-refractivity contribution in [3.63, 3.8) is 0 Å². The van der Waals surface area contributed by atoms with Crippen LogP contribution in [0.3, 0.4) is 0 Å². The molecule has 0 saturated heterocycles. The molecule has 7 nitrogen and oxygen atoms in total. The summed E-state index contributed by atoms with van der Waals surface area (Å²) in [5, 5.41) is 10.1. The highest BCUT2D eigenvalue weighted by Crippen LogP contribution is 2.45. The maximum absolute atomic E-state index is 13.9. The molecule has 0 unspecified atom stereocenters. The Labute approximate surface area is 198 Å². The van der Waals surface area contributed by atoms with E-state index in [1.54, 1.807) is 42.5 Å². The van der Waals surface area contributed by atoms with Gasteiger partial charge in [-0.15, -0.1) is 0 Å². The number of hydrogen-bond donors (Lipinski definition) is 2. The largest absolute Gasteiger partial charge is 0.493 e. The van der Waals surface area contributed by atoms with E-state index in [4.69, 9.17) is 21.1 Å². The summed E-state index contributed by atoms with van der Waals surface area (Å²) in [6.45, 7) is 0.116. The molecular formula is C23H22ClF3N4O3. The number of aromatic nitrogens is 2. The molecule has 3 aromatic rings.